The summed E-state index contributed by atoms with van der Waals surface area (Å²) in [7, 11) is 0. The second-order valence-corrected chi connectivity index (χ2v) is 5.59. The van der Waals surface area contributed by atoms with Crippen LogP contribution >= 0.6 is 0 Å². The van der Waals surface area contributed by atoms with E-state index in [0.717, 1.165) is 44.0 Å². The van der Waals surface area contributed by atoms with Crippen LogP contribution in [0.5, 0.6) is 0 Å². The molecule has 23 heavy (non-hydrogen) atoms. The van der Waals surface area contributed by atoms with Gasteiger partial charge in [0.05, 0.1) is 0 Å². The van der Waals surface area contributed by atoms with Gasteiger partial charge in [-0.15, -0.1) is 0 Å². The number of aryl methyl sites for hydroxylation is 1. The van der Waals surface area contributed by atoms with E-state index in [9.17, 15) is 4.79 Å². The molecule has 6 heteroatoms. The molecular weight excluding hydrogens is 290 g/mol. The van der Waals surface area contributed by atoms with Crippen molar-refractivity contribution in [1.29, 1.82) is 0 Å². The zero-order valence-electron chi connectivity index (χ0n) is 13.4. The van der Waals surface area contributed by atoms with Gasteiger partial charge in [0.1, 0.15) is 12.1 Å². The minimum atomic E-state index is 0.0752. The van der Waals surface area contributed by atoms with Crippen molar-refractivity contribution in [3.05, 3.63) is 48.2 Å². The Morgan fingerprint density at radius 1 is 1.13 bits per heavy atom. The Labute approximate surface area is 136 Å². The summed E-state index contributed by atoms with van der Waals surface area (Å²) in [6, 6.07) is 5.58. The number of anilines is 1. The highest BCUT2D eigenvalue weighted by atomic mass is 16.2. The molecule has 3 rings (SSSR count). The van der Waals surface area contributed by atoms with Crippen molar-refractivity contribution in [3.63, 3.8) is 0 Å². The first-order valence-electron chi connectivity index (χ1n) is 8.03. The number of pyridine rings is 1. The maximum absolute atomic E-state index is 12.6. The molecule has 0 bridgehead atoms. The number of hydrogen-bond acceptors (Lipinski definition) is 5. The molecule has 0 spiro atoms. The quantitative estimate of drug-likeness (QED) is 0.865. The van der Waals surface area contributed by atoms with Crippen LogP contribution in [0.2, 0.25) is 0 Å². The fourth-order valence-electron chi connectivity index (χ4n) is 2.78. The topological polar surface area (TPSA) is 62.2 Å². The van der Waals surface area contributed by atoms with Crippen LogP contribution in [0.15, 0.2) is 36.9 Å². The van der Waals surface area contributed by atoms with Gasteiger partial charge < -0.3 is 9.80 Å². The molecule has 2 aromatic heterocycles. The maximum atomic E-state index is 12.6. The normalized spacial score (nSPS) is 15.3. The van der Waals surface area contributed by atoms with E-state index in [1.165, 1.54) is 0 Å². The largest absolute Gasteiger partial charge is 0.355 e. The number of amides is 1. The summed E-state index contributed by atoms with van der Waals surface area (Å²) in [4.78, 5) is 29.3. The second-order valence-electron chi connectivity index (χ2n) is 5.59. The minimum Gasteiger partial charge on any atom is -0.355 e. The molecule has 1 saturated heterocycles. The van der Waals surface area contributed by atoms with E-state index in [2.05, 4.69) is 26.8 Å². The van der Waals surface area contributed by atoms with Crippen LogP contribution in [-0.2, 0) is 6.42 Å². The molecule has 6 nitrogen and oxygen atoms in total. The molecule has 0 radical (unpaired) electrons. The lowest BCUT2D eigenvalue weighted by molar-refractivity contribution is 0.0767. The number of carbonyl (C=O) groups excluding carboxylic acids is 1. The monoisotopic (exact) mass is 311 g/mol. The van der Waals surface area contributed by atoms with E-state index in [0.29, 0.717) is 12.1 Å². The van der Waals surface area contributed by atoms with E-state index in [-0.39, 0.29) is 5.91 Å². The molecule has 0 aromatic carbocycles. The average Bonchev–Trinajstić information content (AvgIpc) is 2.88. The third-order valence-corrected chi connectivity index (χ3v) is 4.11. The van der Waals surface area contributed by atoms with Crippen molar-refractivity contribution in [2.45, 2.75) is 19.8 Å². The Kier molecular flexibility index (Phi) is 4.80. The first kappa shape index (κ1) is 15.4. The van der Waals surface area contributed by atoms with Gasteiger partial charge in [-0.1, -0.05) is 6.92 Å². The van der Waals surface area contributed by atoms with Crippen LogP contribution in [0.25, 0.3) is 0 Å². The molecule has 120 valence electrons. The molecule has 0 N–H and O–H groups in total. The van der Waals surface area contributed by atoms with Gasteiger partial charge in [0, 0.05) is 55.9 Å². The second kappa shape index (κ2) is 7.17. The Balaban J connectivity index is 1.68. The number of rotatable bonds is 3. The van der Waals surface area contributed by atoms with E-state index in [1.807, 2.05) is 11.0 Å². The molecule has 1 aliphatic heterocycles. The van der Waals surface area contributed by atoms with Gasteiger partial charge in [-0.2, -0.15) is 0 Å². The summed E-state index contributed by atoms with van der Waals surface area (Å²) in [6.45, 7) is 5.25. The summed E-state index contributed by atoms with van der Waals surface area (Å²) in [5, 5.41) is 0. The van der Waals surface area contributed by atoms with Crippen molar-refractivity contribution in [2.24, 2.45) is 0 Å². The molecule has 0 atom stereocenters. The Hall–Kier alpha value is -2.50. The number of carbonyl (C=O) groups is 1. The zero-order chi connectivity index (χ0) is 16.1. The lowest BCUT2D eigenvalue weighted by Gasteiger charge is -2.23. The van der Waals surface area contributed by atoms with Gasteiger partial charge in [0.25, 0.3) is 5.91 Å². The summed E-state index contributed by atoms with van der Waals surface area (Å²) in [5.74, 6) is 1.03. The molecular formula is C17H21N5O. The van der Waals surface area contributed by atoms with E-state index < -0.39 is 0 Å². The van der Waals surface area contributed by atoms with Crippen molar-refractivity contribution < 1.29 is 4.79 Å². The van der Waals surface area contributed by atoms with Crippen LogP contribution in [0.4, 0.5) is 5.82 Å². The van der Waals surface area contributed by atoms with Crippen LogP contribution in [0.1, 0.15) is 29.4 Å². The highest BCUT2D eigenvalue weighted by Crippen LogP contribution is 2.15. The maximum Gasteiger partial charge on any atom is 0.254 e. The van der Waals surface area contributed by atoms with Crippen molar-refractivity contribution in [1.82, 2.24) is 19.9 Å². The van der Waals surface area contributed by atoms with Gasteiger partial charge in [-0.05, 0) is 25.0 Å². The number of aromatic nitrogens is 3. The van der Waals surface area contributed by atoms with Gasteiger partial charge in [-0.25, -0.2) is 9.97 Å². The van der Waals surface area contributed by atoms with Crippen LogP contribution < -0.4 is 4.90 Å². The molecule has 0 unspecified atom stereocenters. The molecule has 1 fully saturated rings. The number of hydrogen-bond donors (Lipinski definition) is 0. The third kappa shape index (κ3) is 3.64. The van der Waals surface area contributed by atoms with Crippen LogP contribution in [0, 0.1) is 0 Å². The first-order chi connectivity index (χ1) is 11.3. The fraction of sp³-hybridized carbons (Fsp3) is 0.412. The third-order valence-electron chi connectivity index (χ3n) is 4.11. The van der Waals surface area contributed by atoms with Crippen molar-refractivity contribution in [3.8, 4) is 0 Å². The predicted molar refractivity (Wildman–Crippen MR) is 88.4 cm³/mol. The van der Waals surface area contributed by atoms with Crippen molar-refractivity contribution >= 4 is 11.7 Å². The molecule has 3 heterocycles. The fourth-order valence-corrected chi connectivity index (χ4v) is 2.78. The molecule has 1 amide bonds. The lowest BCUT2D eigenvalue weighted by atomic mass is 10.2. The highest BCUT2D eigenvalue weighted by molar-refractivity contribution is 5.94. The first-order valence-corrected chi connectivity index (χ1v) is 8.03. The molecule has 0 aliphatic carbocycles. The smallest absolute Gasteiger partial charge is 0.254 e. The zero-order valence-corrected chi connectivity index (χ0v) is 13.4. The Bertz CT molecular complexity index is 661. The summed E-state index contributed by atoms with van der Waals surface area (Å²) in [5.41, 5.74) is 1.74. The van der Waals surface area contributed by atoms with Crippen LogP contribution in [0.3, 0.4) is 0 Å². The van der Waals surface area contributed by atoms with Gasteiger partial charge in [0.15, 0.2) is 0 Å². The van der Waals surface area contributed by atoms with E-state index in [1.54, 1.807) is 30.9 Å². The van der Waals surface area contributed by atoms with Crippen molar-refractivity contribution in [2.75, 3.05) is 31.1 Å². The van der Waals surface area contributed by atoms with Gasteiger partial charge in [0.2, 0.25) is 0 Å². The molecule has 2 aromatic rings. The van der Waals surface area contributed by atoms with Gasteiger partial charge in [-0.3, -0.25) is 9.78 Å². The highest BCUT2D eigenvalue weighted by Gasteiger charge is 2.21. The average molecular weight is 311 g/mol. The Morgan fingerprint density at radius 3 is 2.74 bits per heavy atom. The summed E-state index contributed by atoms with van der Waals surface area (Å²) < 4.78 is 0. The van der Waals surface area contributed by atoms with Gasteiger partial charge >= 0.3 is 0 Å². The molecule has 1 aliphatic rings. The standard InChI is InChI=1S/C17H21N5O/c1-2-15-12-16(20-13-19-15)21-8-3-9-22(11-10-21)17(23)14-4-6-18-7-5-14/h4-7,12-13H,2-3,8-11H2,1H3. The summed E-state index contributed by atoms with van der Waals surface area (Å²) >= 11 is 0. The number of nitrogens with zero attached hydrogens (tertiary/aromatic N) is 5. The predicted octanol–water partition coefficient (Wildman–Crippen LogP) is 1.79. The summed E-state index contributed by atoms with van der Waals surface area (Å²) in [6.07, 6.45) is 6.77. The minimum absolute atomic E-state index is 0.0752. The van der Waals surface area contributed by atoms with E-state index >= 15 is 0 Å². The Morgan fingerprint density at radius 2 is 1.96 bits per heavy atom. The van der Waals surface area contributed by atoms with Crippen LogP contribution in [-0.4, -0.2) is 51.9 Å². The van der Waals surface area contributed by atoms with E-state index in [4.69, 9.17) is 0 Å². The molecule has 0 saturated carbocycles. The lowest BCUT2D eigenvalue weighted by Crippen LogP contribution is -2.35. The SMILES string of the molecule is CCc1cc(N2CCCN(C(=O)c3ccncc3)CC2)ncn1.